The summed E-state index contributed by atoms with van der Waals surface area (Å²) >= 11 is 0. The fourth-order valence-electron chi connectivity index (χ4n) is 2.79. The highest BCUT2D eigenvalue weighted by molar-refractivity contribution is 5.95. The van der Waals surface area contributed by atoms with Crippen molar-refractivity contribution in [1.29, 1.82) is 5.26 Å². The maximum atomic E-state index is 13.0. The maximum Gasteiger partial charge on any atom is 0.252 e. The molecule has 0 aliphatic carbocycles. The monoisotopic (exact) mass is 324 g/mol. The number of carbonyl (C=O) groups is 1. The highest BCUT2D eigenvalue weighted by Gasteiger charge is 2.22. The number of nitriles is 1. The summed E-state index contributed by atoms with van der Waals surface area (Å²) in [5.74, 6) is -0.202. The number of rotatable bonds is 4. The van der Waals surface area contributed by atoms with Gasteiger partial charge in [-0.2, -0.15) is 5.26 Å². The molecule has 0 radical (unpaired) electrons. The van der Waals surface area contributed by atoms with Gasteiger partial charge in [-0.1, -0.05) is 12.1 Å². The molecule has 1 aliphatic rings. The number of nitrogens with zero attached hydrogens (tertiary/aromatic N) is 3. The topological polar surface area (TPSA) is 69.0 Å². The second kappa shape index (κ2) is 7.09. The first-order valence-corrected chi connectivity index (χ1v) is 7.79. The van der Waals surface area contributed by atoms with Gasteiger partial charge in [-0.25, -0.2) is 4.39 Å². The van der Waals surface area contributed by atoms with Crippen molar-refractivity contribution in [2.75, 3.05) is 19.6 Å². The second-order valence-electron chi connectivity index (χ2n) is 5.88. The SMILES string of the molecule is N#CN1CCC(CNC(=O)c2cncc(-c3ccc(F)cc3)c2)C1. The molecule has 1 amide bonds. The van der Waals surface area contributed by atoms with E-state index in [9.17, 15) is 9.18 Å². The molecule has 1 N–H and O–H groups in total. The van der Waals surface area contributed by atoms with Crippen molar-refractivity contribution in [3.05, 3.63) is 54.1 Å². The number of halogens is 1. The van der Waals surface area contributed by atoms with Crippen LogP contribution in [0.1, 0.15) is 16.8 Å². The average molecular weight is 324 g/mol. The molecule has 2 heterocycles. The van der Waals surface area contributed by atoms with Crippen LogP contribution in [0, 0.1) is 23.2 Å². The first-order valence-electron chi connectivity index (χ1n) is 7.79. The summed E-state index contributed by atoms with van der Waals surface area (Å²) in [6.45, 7) is 1.97. The number of hydrogen-bond donors (Lipinski definition) is 1. The van der Waals surface area contributed by atoms with Crippen molar-refractivity contribution < 1.29 is 9.18 Å². The van der Waals surface area contributed by atoms with Crippen LogP contribution < -0.4 is 5.32 Å². The summed E-state index contributed by atoms with van der Waals surface area (Å²) in [6.07, 6.45) is 6.19. The third kappa shape index (κ3) is 3.69. The molecule has 122 valence electrons. The molecule has 1 unspecified atom stereocenters. The Morgan fingerprint density at radius 3 is 2.83 bits per heavy atom. The molecule has 24 heavy (non-hydrogen) atoms. The van der Waals surface area contributed by atoms with E-state index in [-0.39, 0.29) is 11.7 Å². The van der Waals surface area contributed by atoms with Crippen LogP contribution >= 0.6 is 0 Å². The molecule has 0 bridgehead atoms. The number of pyridine rings is 1. The number of carbonyl (C=O) groups excluding carboxylic acids is 1. The van der Waals surface area contributed by atoms with E-state index in [0.717, 1.165) is 24.1 Å². The molecule has 1 aromatic heterocycles. The van der Waals surface area contributed by atoms with Crippen LogP contribution in [0.3, 0.4) is 0 Å². The highest BCUT2D eigenvalue weighted by atomic mass is 19.1. The van der Waals surface area contributed by atoms with Crippen molar-refractivity contribution in [2.24, 2.45) is 5.92 Å². The van der Waals surface area contributed by atoms with Crippen molar-refractivity contribution >= 4 is 5.91 Å². The first-order chi connectivity index (χ1) is 11.7. The number of nitrogens with one attached hydrogen (secondary N) is 1. The van der Waals surface area contributed by atoms with Gasteiger partial charge >= 0.3 is 0 Å². The van der Waals surface area contributed by atoms with E-state index >= 15 is 0 Å². The fraction of sp³-hybridized carbons (Fsp3) is 0.278. The molecule has 1 aliphatic heterocycles. The van der Waals surface area contributed by atoms with Crippen LogP contribution in [-0.2, 0) is 0 Å². The fourth-order valence-corrected chi connectivity index (χ4v) is 2.79. The molecule has 3 rings (SSSR count). The Morgan fingerprint density at radius 2 is 2.12 bits per heavy atom. The van der Waals surface area contributed by atoms with Crippen LogP contribution in [0.25, 0.3) is 11.1 Å². The lowest BCUT2D eigenvalue weighted by Gasteiger charge is -2.11. The Kier molecular flexibility index (Phi) is 4.71. The third-order valence-corrected chi connectivity index (χ3v) is 4.16. The zero-order chi connectivity index (χ0) is 16.9. The van der Waals surface area contributed by atoms with Crippen molar-refractivity contribution in [3.63, 3.8) is 0 Å². The van der Waals surface area contributed by atoms with E-state index in [2.05, 4.69) is 16.5 Å². The molecular weight excluding hydrogens is 307 g/mol. The first kappa shape index (κ1) is 15.9. The number of likely N-dealkylation sites (tertiary alicyclic amines) is 1. The van der Waals surface area contributed by atoms with E-state index in [1.807, 2.05) is 0 Å². The van der Waals surface area contributed by atoms with Crippen molar-refractivity contribution in [1.82, 2.24) is 15.2 Å². The van der Waals surface area contributed by atoms with Crippen LogP contribution in [0.4, 0.5) is 4.39 Å². The van der Waals surface area contributed by atoms with Crippen LogP contribution in [-0.4, -0.2) is 35.4 Å². The third-order valence-electron chi connectivity index (χ3n) is 4.16. The van der Waals surface area contributed by atoms with Gasteiger partial charge in [0, 0.05) is 37.6 Å². The smallest absolute Gasteiger partial charge is 0.252 e. The Hall–Kier alpha value is -2.94. The molecular formula is C18H17FN4O. The number of amides is 1. The summed E-state index contributed by atoms with van der Waals surface area (Å²) in [7, 11) is 0. The molecule has 0 saturated carbocycles. The van der Waals surface area contributed by atoms with Gasteiger partial charge in [0.25, 0.3) is 5.91 Å². The highest BCUT2D eigenvalue weighted by Crippen LogP contribution is 2.20. The molecule has 2 aromatic rings. The predicted molar refractivity (Wildman–Crippen MR) is 87.3 cm³/mol. The van der Waals surface area contributed by atoms with Crippen LogP contribution in [0.2, 0.25) is 0 Å². The van der Waals surface area contributed by atoms with Crippen molar-refractivity contribution in [3.8, 4) is 17.3 Å². The van der Waals surface area contributed by atoms with E-state index in [4.69, 9.17) is 5.26 Å². The minimum absolute atomic E-state index is 0.193. The Morgan fingerprint density at radius 1 is 1.33 bits per heavy atom. The Bertz CT molecular complexity index is 769. The maximum absolute atomic E-state index is 13.0. The molecule has 6 heteroatoms. The average Bonchev–Trinajstić information content (AvgIpc) is 3.08. The summed E-state index contributed by atoms with van der Waals surface area (Å²) in [5.41, 5.74) is 2.03. The lowest BCUT2D eigenvalue weighted by Crippen LogP contribution is -2.30. The Labute approximate surface area is 139 Å². The van der Waals surface area contributed by atoms with Gasteiger partial charge in [0.05, 0.1) is 5.56 Å². The quantitative estimate of drug-likeness (QED) is 0.877. The van der Waals surface area contributed by atoms with Crippen LogP contribution in [0.15, 0.2) is 42.7 Å². The molecule has 5 nitrogen and oxygen atoms in total. The summed E-state index contributed by atoms with van der Waals surface area (Å²) in [5, 5.41) is 11.8. The van der Waals surface area contributed by atoms with Crippen LogP contribution in [0.5, 0.6) is 0 Å². The summed E-state index contributed by atoms with van der Waals surface area (Å²) in [6, 6.07) is 7.81. The molecule has 1 saturated heterocycles. The van der Waals surface area contributed by atoms with E-state index in [1.165, 1.54) is 18.3 Å². The molecule has 1 aromatic carbocycles. The normalized spacial score (nSPS) is 16.7. The van der Waals surface area contributed by atoms with Gasteiger partial charge in [0.1, 0.15) is 5.82 Å². The van der Waals surface area contributed by atoms with E-state index < -0.39 is 0 Å². The lowest BCUT2D eigenvalue weighted by atomic mass is 10.1. The lowest BCUT2D eigenvalue weighted by molar-refractivity contribution is 0.0947. The largest absolute Gasteiger partial charge is 0.352 e. The molecule has 0 spiro atoms. The van der Waals surface area contributed by atoms with Gasteiger partial charge in [-0.15, -0.1) is 0 Å². The molecule has 1 fully saturated rings. The molecule has 1 atom stereocenters. The van der Waals surface area contributed by atoms with Gasteiger partial charge in [0.15, 0.2) is 6.19 Å². The second-order valence-corrected chi connectivity index (χ2v) is 5.88. The predicted octanol–water partition coefficient (Wildman–Crippen LogP) is 2.42. The number of hydrogen-bond acceptors (Lipinski definition) is 4. The summed E-state index contributed by atoms with van der Waals surface area (Å²) < 4.78 is 13.0. The van der Waals surface area contributed by atoms with E-state index in [1.54, 1.807) is 29.3 Å². The zero-order valence-corrected chi connectivity index (χ0v) is 13.1. The number of benzene rings is 1. The Balaban J connectivity index is 1.64. The van der Waals surface area contributed by atoms with Gasteiger partial charge in [0.2, 0.25) is 0 Å². The zero-order valence-electron chi connectivity index (χ0n) is 13.1. The van der Waals surface area contributed by atoms with Gasteiger partial charge in [-0.3, -0.25) is 9.78 Å². The number of aromatic nitrogens is 1. The van der Waals surface area contributed by atoms with Crippen molar-refractivity contribution in [2.45, 2.75) is 6.42 Å². The minimum atomic E-state index is -0.302. The summed E-state index contributed by atoms with van der Waals surface area (Å²) in [4.78, 5) is 18.1. The van der Waals surface area contributed by atoms with E-state index in [0.29, 0.717) is 24.6 Å². The van der Waals surface area contributed by atoms with Gasteiger partial charge < -0.3 is 10.2 Å². The standard InChI is InChI=1S/C18H17FN4O/c19-17-3-1-14(2-4-17)15-7-16(10-21-9-15)18(24)22-8-13-5-6-23(11-13)12-20/h1-4,7,9-10,13H,5-6,8,11H2,(H,22,24). The van der Waals surface area contributed by atoms with Gasteiger partial charge in [-0.05, 0) is 36.1 Å². The minimum Gasteiger partial charge on any atom is -0.352 e.